The van der Waals surface area contributed by atoms with Crippen molar-refractivity contribution in [3.8, 4) is 0 Å². The molecule has 8 heteroatoms. The van der Waals surface area contributed by atoms with Crippen LogP contribution in [0.2, 0.25) is 0 Å². The summed E-state index contributed by atoms with van der Waals surface area (Å²) in [6.07, 6.45) is 0.796. The monoisotopic (exact) mass is 387 g/mol. The Morgan fingerprint density at radius 2 is 2.04 bits per heavy atom. The first-order chi connectivity index (χ1) is 12.9. The van der Waals surface area contributed by atoms with Crippen LogP contribution in [0.15, 0.2) is 4.79 Å². The average molecular weight is 387 g/mol. The maximum absolute atomic E-state index is 12.5. The van der Waals surface area contributed by atoms with Crippen molar-refractivity contribution in [2.24, 2.45) is 0 Å². The molecule has 3 aromatic heterocycles. The van der Waals surface area contributed by atoms with Crippen molar-refractivity contribution in [2.75, 3.05) is 31.2 Å². The van der Waals surface area contributed by atoms with Crippen molar-refractivity contribution in [1.82, 2.24) is 9.97 Å². The number of hydrogen-bond donors (Lipinski definition) is 1. The van der Waals surface area contributed by atoms with Crippen LogP contribution in [-0.4, -0.2) is 41.9 Å². The summed E-state index contributed by atoms with van der Waals surface area (Å²) in [4.78, 5) is 27.0. The van der Waals surface area contributed by atoms with E-state index in [4.69, 9.17) is 9.47 Å². The van der Waals surface area contributed by atoms with E-state index in [0.29, 0.717) is 17.1 Å². The van der Waals surface area contributed by atoms with Gasteiger partial charge in [0, 0.05) is 6.42 Å². The van der Waals surface area contributed by atoms with Crippen molar-refractivity contribution >= 4 is 37.6 Å². The van der Waals surface area contributed by atoms with Crippen LogP contribution in [0.1, 0.15) is 30.8 Å². The molecule has 0 aliphatic carbocycles. The van der Waals surface area contributed by atoms with Gasteiger partial charge >= 0.3 is 0 Å². The van der Waals surface area contributed by atoms with Crippen LogP contribution in [0.3, 0.4) is 0 Å². The van der Waals surface area contributed by atoms with E-state index in [1.807, 2.05) is 6.92 Å². The molecule has 2 aliphatic rings. The van der Waals surface area contributed by atoms with Crippen molar-refractivity contribution < 1.29 is 14.5 Å². The van der Waals surface area contributed by atoms with Gasteiger partial charge in [-0.2, -0.15) is 0 Å². The molecule has 1 fully saturated rings. The lowest BCUT2D eigenvalue weighted by molar-refractivity contribution is -0.329. The number of H-pyrrole nitrogens is 2. The molecule has 0 radical (unpaired) electrons. The number of pyridine rings is 1. The molecule has 27 heavy (non-hydrogen) atoms. The SMILES string of the molecule is Cc1nc2c(sc3[nH+]c(N4CCOCC4)c4c(c32)CC(C)(C)OC4)c(=O)[nH]1. The second-order valence-electron chi connectivity index (χ2n) is 7.89. The minimum atomic E-state index is -0.242. The number of aryl methyl sites for hydroxylation is 1. The third-order valence-corrected chi connectivity index (χ3v) is 6.48. The van der Waals surface area contributed by atoms with Gasteiger partial charge in [0.05, 0.1) is 36.4 Å². The highest BCUT2D eigenvalue weighted by Crippen LogP contribution is 2.40. The van der Waals surface area contributed by atoms with E-state index < -0.39 is 0 Å². The summed E-state index contributed by atoms with van der Waals surface area (Å²) in [5, 5.41) is 1.08. The largest absolute Gasteiger partial charge is 0.373 e. The molecule has 3 aromatic rings. The van der Waals surface area contributed by atoms with Gasteiger partial charge in [0.25, 0.3) is 11.4 Å². The topological polar surface area (TPSA) is 81.6 Å². The highest BCUT2D eigenvalue weighted by molar-refractivity contribution is 7.25. The van der Waals surface area contributed by atoms with E-state index in [1.165, 1.54) is 22.5 Å². The maximum Gasteiger partial charge on any atom is 0.281 e. The minimum absolute atomic E-state index is 0.0694. The summed E-state index contributed by atoms with van der Waals surface area (Å²) in [6, 6.07) is 0. The quantitative estimate of drug-likeness (QED) is 0.690. The molecule has 1 saturated heterocycles. The Balaban J connectivity index is 1.85. The van der Waals surface area contributed by atoms with Gasteiger partial charge in [-0.3, -0.25) is 9.69 Å². The van der Waals surface area contributed by atoms with Crippen molar-refractivity contribution in [3.63, 3.8) is 0 Å². The first kappa shape index (κ1) is 17.1. The number of anilines is 1. The summed E-state index contributed by atoms with van der Waals surface area (Å²) in [5.74, 6) is 1.74. The number of fused-ring (bicyclic) bond motifs is 5. The zero-order valence-corrected chi connectivity index (χ0v) is 16.6. The number of rotatable bonds is 1. The van der Waals surface area contributed by atoms with Gasteiger partial charge in [0.15, 0.2) is 4.83 Å². The number of morpholine rings is 1. The first-order valence-corrected chi connectivity index (χ1v) is 10.1. The van der Waals surface area contributed by atoms with Gasteiger partial charge in [-0.15, -0.1) is 0 Å². The molecule has 2 aliphatic heterocycles. The van der Waals surface area contributed by atoms with Gasteiger partial charge in [-0.1, -0.05) is 11.3 Å². The van der Waals surface area contributed by atoms with Crippen LogP contribution < -0.4 is 15.4 Å². The van der Waals surface area contributed by atoms with E-state index >= 15 is 0 Å². The zero-order valence-electron chi connectivity index (χ0n) is 15.8. The smallest absolute Gasteiger partial charge is 0.281 e. The summed E-state index contributed by atoms with van der Waals surface area (Å²) >= 11 is 1.49. The number of aromatic nitrogens is 3. The Morgan fingerprint density at radius 3 is 2.81 bits per heavy atom. The average Bonchev–Trinajstić information content (AvgIpc) is 3.00. The summed E-state index contributed by atoms with van der Waals surface area (Å²) < 4.78 is 12.3. The van der Waals surface area contributed by atoms with Crippen LogP contribution in [0.4, 0.5) is 5.82 Å². The fourth-order valence-electron chi connectivity index (χ4n) is 4.10. The highest BCUT2D eigenvalue weighted by atomic mass is 32.1. The second-order valence-corrected chi connectivity index (χ2v) is 8.91. The molecule has 2 N–H and O–H groups in total. The number of thiophene rings is 1. The summed E-state index contributed by atoms with van der Waals surface area (Å²) in [6.45, 7) is 9.76. The van der Waals surface area contributed by atoms with E-state index in [0.717, 1.165) is 54.3 Å². The lowest BCUT2D eigenvalue weighted by Gasteiger charge is -2.33. The highest BCUT2D eigenvalue weighted by Gasteiger charge is 2.36. The Hall–Kier alpha value is -2.03. The van der Waals surface area contributed by atoms with Gasteiger partial charge in [0.1, 0.15) is 29.1 Å². The molecule has 142 valence electrons. The van der Waals surface area contributed by atoms with Crippen molar-refractivity contribution in [1.29, 1.82) is 0 Å². The lowest BCUT2D eigenvalue weighted by atomic mass is 9.90. The Morgan fingerprint density at radius 1 is 1.26 bits per heavy atom. The molecule has 5 rings (SSSR count). The van der Waals surface area contributed by atoms with Crippen molar-refractivity contribution in [3.05, 3.63) is 27.3 Å². The predicted octanol–water partition coefficient (Wildman–Crippen LogP) is 1.95. The van der Waals surface area contributed by atoms with Gasteiger partial charge in [-0.05, 0) is 26.3 Å². The Bertz CT molecular complexity index is 1110. The lowest BCUT2D eigenvalue weighted by Crippen LogP contribution is -2.42. The third-order valence-electron chi connectivity index (χ3n) is 5.38. The summed E-state index contributed by atoms with van der Waals surface area (Å²) in [7, 11) is 0. The fraction of sp³-hybridized carbons (Fsp3) is 0.526. The van der Waals surface area contributed by atoms with Gasteiger partial charge in [0.2, 0.25) is 0 Å². The van der Waals surface area contributed by atoms with E-state index in [-0.39, 0.29) is 11.2 Å². The Labute approximate surface area is 160 Å². The first-order valence-electron chi connectivity index (χ1n) is 9.30. The standard InChI is InChI=1S/C19H22N4O3S/c1-10-20-14-13-11-8-19(2,3)26-9-12(11)16(23-4-6-25-7-5-23)22-18(13)27-15(14)17(24)21-10/h4-9H2,1-3H3,(H,20,21,24)/p+1. The van der Waals surface area contributed by atoms with Crippen LogP contribution in [-0.2, 0) is 22.5 Å². The molecule has 0 bridgehead atoms. The number of aromatic amines is 2. The Kier molecular flexibility index (Phi) is 3.79. The van der Waals surface area contributed by atoms with Crippen LogP contribution in [0, 0.1) is 6.92 Å². The normalized spacial score (nSPS) is 19.6. The minimum Gasteiger partial charge on any atom is -0.373 e. The number of hydrogen-bond acceptors (Lipinski definition) is 6. The molecular formula is C19H23N4O3S+. The van der Waals surface area contributed by atoms with Crippen molar-refractivity contribution in [2.45, 2.75) is 39.4 Å². The van der Waals surface area contributed by atoms with Crippen LogP contribution in [0.25, 0.3) is 20.4 Å². The molecule has 0 amide bonds. The molecular weight excluding hydrogens is 364 g/mol. The molecule has 0 aromatic carbocycles. The third kappa shape index (κ3) is 2.74. The molecule has 0 atom stereocenters. The van der Waals surface area contributed by atoms with Gasteiger partial charge in [-0.25, -0.2) is 9.97 Å². The zero-order chi connectivity index (χ0) is 18.8. The molecule has 0 spiro atoms. The number of nitrogens with one attached hydrogen (secondary N) is 2. The van der Waals surface area contributed by atoms with E-state index in [9.17, 15) is 4.79 Å². The number of nitrogens with zero attached hydrogens (tertiary/aromatic N) is 2. The molecule has 5 heterocycles. The predicted molar refractivity (Wildman–Crippen MR) is 105 cm³/mol. The second kappa shape index (κ2) is 5.98. The molecule has 7 nitrogen and oxygen atoms in total. The van der Waals surface area contributed by atoms with Crippen LogP contribution >= 0.6 is 11.3 Å². The van der Waals surface area contributed by atoms with Crippen LogP contribution in [0.5, 0.6) is 0 Å². The van der Waals surface area contributed by atoms with Gasteiger partial charge < -0.3 is 14.5 Å². The maximum atomic E-state index is 12.5. The van der Waals surface area contributed by atoms with E-state index in [1.54, 1.807) is 0 Å². The molecule has 0 unspecified atom stereocenters. The van der Waals surface area contributed by atoms with E-state index in [2.05, 4.69) is 33.7 Å². The number of ether oxygens (including phenoxy) is 2. The molecule has 0 saturated carbocycles. The fourth-order valence-corrected chi connectivity index (χ4v) is 5.16. The summed E-state index contributed by atoms with van der Waals surface area (Å²) in [5.41, 5.74) is 2.93.